The molecule has 0 fully saturated rings. The van der Waals surface area contributed by atoms with Gasteiger partial charge in [0.2, 0.25) is 0 Å². The van der Waals surface area contributed by atoms with E-state index in [0.717, 1.165) is 21.3 Å². The van der Waals surface area contributed by atoms with E-state index in [1.807, 2.05) is 66.9 Å². The molecule has 0 heterocycles. The lowest BCUT2D eigenvalue weighted by atomic mass is 10.2. The Bertz CT molecular complexity index is 859. The van der Waals surface area contributed by atoms with Crippen LogP contribution in [-0.2, 0) is 0 Å². The zero-order valence-electron chi connectivity index (χ0n) is 13.5. The molecule has 0 saturated carbocycles. The molecule has 0 radical (unpaired) electrons. The standard InChI is InChI=1S/C20H16O3S2/c1-24-16-10-6-14(7-11-16)23-15-8-12-17(13-9-15)25-19-5-3-2-4-18(19)20(21)22/h2-13H,1H3,(H,21,22). The number of hydrogen-bond donors (Lipinski definition) is 1. The molecule has 3 nitrogen and oxygen atoms in total. The Hall–Kier alpha value is -2.37. The SMILES string of the molecule is CSc1ccc(Oc2ccc(Sc3ccccc3C(=O)O)cc2)cc1. The number of carboxylic acid groups (broad SMARTS) is 1. The normalized spacial score (nSPS) is 10.4. The predicted molar refractivity (Wildman–Crippen MR) is 102 cm³/mol. The second-order valence-electron chi connectivity index (χ2n) is 5.15. The van der Waals surface area contributed by atoms with Gasteiger partial charge in [-0.1, -0.05) is 23.9 Å². The minimum atomic E-state index is -0.920. The Morgan fingerprint density at radius 2 is 1.40 bits per heavy atom. The summed E-state index contributed by atoms with van der Waals surface area (Å²) in [5.74, 6) is 0.610. The van der Waals surface area contributed by atoms with Crippen LogP contribution in [0.5, 0.6) is 11.5 Å². The van der Waals surface area contributed by atoms with Crippen LogP contribution in [0.25, 0.3) is 0 Å². The zero-order chi connectivity index (χ0) is 17.6. The molecule has 5 heteroatoms. The molecule has 0 aromatic heterocycles. The quantitative estimate of drug-likeness (QED) is 0.537. The number of ether oxygens (including phenoxy) is 1. The molecular weight excluding hydrogens is 352 g/mol. The largest absolute Gasteiger partial charge is 0.478 e. The van der Waals surface area contributed by atoms with E-state index in [4.69, 9.17) is 4.74 Å². The zero-order valence-corrected chi connectivity index (χ0v) is 15.1. The van der Waals surface area contributed by atoms with Crippen LogP contribution in [0.2, 0.25) is 0 Å². The van der Waals surface area contributed by atoms with Gasteiger partial charge in [-0.05, 0) is 66.9 Å². The first-order valence-corrected chi connectivity index (χ1v) is 9.62. The Kier molecular flexibility index (Phi) is 5.68. The summed E-state index contributed by atoms with van der Waals surface area (Å²) >= 11 is 3.11. The lowest BCUT2D eigenvalue weighted by molar-refractivity contribution is 0.0693. The van der Waals surface area contributed by atoms with Gasteiger partial charge in [0.05, 0.1) is 5.56 Å². The minimum Gasteiger partial charge on any atom is -0.478 e. The number of thioether (sulfide) groups is 1. The van der Waals surface area contributed by atoms with Gasteiger partial charge in [-0.15, -0.1) is 11.8 Å². The van der Waals surface area contributed by atoms with E-state index < -0.39 is 5.97 Å². The fraction of sp³-hybridized carbons (Fsp3) is 0.0500. The summed E-state index contributed by atoms with van der Waals surface area (Å²) in [5.41, 5.74) is 0.307. The summed E-state index contributed by atoms with van der Waals surface area (Å²) in [4.78, 5) is 14.1. The maximum absolute atomic E-state index is 11.3. The molecule has 0 atom stereocenters. The maximum Gasteiger partial charge on any atom is 0.336 e. The van der Waals surface area contributed by atoms with E-state index in [9.17, 15) is 9.90 Å². The van der Waals surface area contributed by atoms with Crippen molar-refractivity contribution in [3.05, 3.63) is 78.4 Å². The fourth-order valence-electron chi connectivity index (χ4n) is 2.21. The van der Waals surface area contributed by atoms with Crippen LogP contribution in [0.3, 0.4) is 0 Å². The summed E-state index contributed by atoms with van der Waals surface area (Å²) in [7, 11) is 0. The highest BCUT2D eigenvalue weighted by Crippen LogP contribution is 2.32. The number of carbonyl (C=O) groups is 1. The lowest BCUT2D eigenvalue weighted by Crippen LogP contribution is -1.97. The first-order chi connectivity index (χ1) is 12.2. The van der Waals surface area contributed by atoms with Crippen molar-refractivity contribution in [1.82, 2.24) is 0 Å². The summed E-state index contributed by atoms with van der Waals surface area (Å²) in [5, 5.41) is 9.25. The summed E-state index contributed by atoms with van der Waals surface area (Å²) < 4.78 is 5.83. The smallest absolute Gasteiger partial charge is 0.336 e. The predicted octanol–water partition coefficient (Wildman–Crippen LogP) is 6.05. The molecule has 0 bridgehead atoms. The Morgan fingerprint density at radius 3 is 1.96 bits per heavy atom. The average Bonchev–Trinajstić information content (AvgIpc) is 2.64. The molecule has 126 valence electrons. The monoisotopic (exact) mass is 368 g/mol. The van der Waals surface area contributed by atoms with Gasteiger partial charge in [-0.25, -0.2) is 4.79 Å². The summed E-state index contributed by atoms with van der Waals surface area (Å²) in [6.45, 7) is 0. The van der Waals surface area contributed by atoms with Gasteiger partial charge in [0.25, 0.3) is 0 Å². The second-order valence-corrected chi connectivity index (χ2v) is 7.15. The van der Waals surface area contributed by atoms with E-state index >= 15 is 0 Å². The highest BCUT2D eigenvalue weighted by atomic mass is 32.2. The number of hydrogen-bond acceptors (Lipinski definition) is 4. The van der Waals surface area contributed by atoms with Gasteiger partial charge in [0.1, 0.15) is 11.5 Å². The van der Waals surface area contributed by atoms with Crippen molar-refractivity contribution in [2.24, 2.45) is 0 Å². The number of carboxylic acids is 1. The molecule has 0 saturated heterocycles. The third kappa shape index (κ3) is 4.59. The third-order valence-electron chi connectivity index (χ3n) is 3.46. The van der Waals surface area contributed by atoms with E-state index in [1.165, 1.54) is 16.7 Å². The van der Waals surface area contributed by atoms with Crippen LogP contribution in [0.4, 0.5) is 0 Å². The van der Waals surface area contributed by atoms with E-state index in [2.05, 4.69) is 0 Å². The highest BCUT2D eigenvalue weighted by Gasteiger charge is 2.10. The Balaban J connectivity index is 1.71. The van der Waals surface area contributed by atoms with Gasteiger partial charge in [-0.3, -0.25) is 0 Å². The molecule has 0 aliphatic rings. The van der Waals surface area contributed by atoms with Crippen molar-refractivity contribution < 1.29 is 14.6 Å². The first kappa shape index (κ1) is 17.5. The van der Waals surface area contributed by atoms with Crippen LogP contribution >= 0.6 is 23.5 Å². The van der Waals surface area contributed by atoms with Crippen molar-refractivity contribution >= 4 is 29.5 Å². The number of aromatic carboxylic acids is 1. The van der Waals surface area contributed by atoms with Crippen molar-refractivity contribution in [1.29, 1.82) is 0 Å². The molecular formula is C20H16O3S2. The van der Waals surface area contributed by atoms with Crippen molar-refractivity contribution in [2.45, 2.75) is 14.7 Å². The molecule has 0 amide bonds. The number of benzene rings is 3. The van der Waals surface area contributed by atoms with E-state index in [-0.39, 0.29) is 0 Å². The Labute approximate surface area is 155 Å². The van der Waals surface area contributed by atoms with Crippen molar-refractivity contribution in [3.8, 4) is 11.5 Å². The summed E-state index contributed by atoms with van der Waals surface area (Å²) in [6.07, 6.45) is 2.04. The highest BCUT2D eigenvalue weighted by molar-refractivity contribution is 7.99. The molecule has 1 N–H and O–H groups in total. The number of rotatable bonds is 6. The second kappa shape index (κ2) is 8.14. The molecule has 0 spiro atoms. The minimum absolute atomic E-state index is 0.307. The third-order valence-corrected chi connectivity index (χ3v) is 5.29. The lowest BCUT2D eigenvalue weighted by Gasteiger charge is -2.08. The van der Waals surface area contributed by atoms with Gasteiger partial charge in [-0.2, -0.15) is 0 Å². The molecule has 0 aliphatic carbocycles. The van der Waals surface area contributed by atoms with Gasteiger partial charge in [0.15, 0.2) is 0 Å². The molecule has 0 unspecified atom stereocenters. The van der Waals surface area contributed by atoms with Crippen molar-refractivity contribution in [3.63, 3.8) is 0 Å². The average molecular weight is 368 g/mol. The van der Waals surface area contributed by atoms with Crippen LogP contribution in [0.1, 0.15) is 10.4 Å². The molecule has 25 heavy (non-hydrogen) atoms. The molecule has 3 rings (SSSR count). The maximum atomic E-state index is 11.3. The van der Waals surface area contributed by atoms with Crippen LogP contribution < -0.4 is 4.74 Å². The molecule has 3 aromatic carbocycles. The van der Waals surface area contributed by atoms with Crippen LogP contribution in [0.15, 0.2) is 87.5 Å². The van der Waals surface area contributed by atoms with Gasteiger partial charge in [0, 0.05) is 14.7 Å². The fourth-order valence-corrected chi connectivity index (χ4v) is 3.56. The van der Waals surface area contributed by atoms with Gasteiger partial charge < -0.3 is 9.84 Å². The van der Waals surface area contributed by atoms with E-state index in [1.54, 1.807) is 23.9 Å². The summed E-state index contributed by atoms with van der Waals surface area (Å²) in [6, 6.07) is 22.5. The molecule has 3 aromatic rings. The van der Waals surface area contributed by atoms with Gasteiger partial charge >= 0.3 is 5.97 Å². The first-order valence-electron chi connectivity index (χ1n) is 7.58. The molecule has 0 aliphatic heterocycles. The van der Waals surface area contributed by atoms with Crippen LogP contribution in [0, 0.1) is 0 Å². The Morgan fingerprint density at radius 1 is 0.840 bits per heavy atom. The topological polar surface area (TPSA) is 46.5 Å². The van der Waals surface area contributed by atoms with Crippen molar-refractivity contribution in [2.75, 3.05) is 6.26 Å². The van der Waals surface area contributed by atoms with Crippen LogP contribution in [-0.4, -0.2) is 17.3 Å². The van der Waals surface area contributed by atoms with E-state index in [0.29, 0.717) is 5.56 Å².